The monoisotopic (exact) mass is 521 g/mol. The molecule has 11 heteroatoms. The second-order valence-corrected chi connectivity index (χ2v) is 11.8. The van der Waals surface area contributed by atoms with Gasteiger partial charge in [-0.15, -0.1) is 0 Å². The molecule has 2 fully saturated rings. The summed E-state index contributed by atoms with van der Waals surface area (Å²) in [6.45, 7) is 0. The highest BCUT2D eigenvalue weighted by molar-refractivity contribution is 7.92. The van der Waals surface area contributed by atoms with Gasteiger partial charge in [-0.2, -0.15) is 0 Å². The van der Waals surface area contributed by atoms with Crippen LogP contribution in [-0.4, -0.2) is 76.4 Å². The van der Waals surface area contributed by atoms with Crippen molar-refractivity contribution in [3.63, 3.8) is 0 Å². The van der Waals surface area contributed by atoms with Crippen molar-refractivity contribution in [3.05, 3.63) is 47.5 Å². The molecule has 196 valence electrons. The Morgan fingerprint density at radius 1 is 1.17 bits per heavy atom. The van der Waals surface area contributed by atoms with E-state index >= 15 is 0 Å². The van der Waals surface area contributed by atoms with Crippen molar-refractivity contribution in [1.29, 1.82) is 0 Å². The number of rotatable bonds is 4. The van der Waals surface area contributed by atoms with Gasteiger partial charge in [0.1, 0.15) is 28.4 Å². The minimum Gasteiger partial charge on any atom is -0.616 e. The number of amides is 1. The predicted molar refractivity (Wildman–Crippen MR) is 129 cm³/mol. The summed E-state index contributed by atoms with van der Waals surface area (Å²) >= 11 is -1.33. The van der Waals surface area contributed by atoms with Crippen LogP contribution in [0.25, 0.3) is 0 Å². The minimum atomic E-state index is -2.86. The van der Waals surface area contributed by atoms with Crippen molar-refractivity contribution >= 4 is 28.6 Å². The van der Waals surface area contributed by atoms with Gasteiger partial charge in [0.2, 0.25) is 5.91 Å². The molecule has 0 spiro atoms. The fourth-order valence-corrected chi connectivity index (χ4v) is 7.90. The van der Waals surface area contributed by atoms with Crippen LogP contribution in [0.3, 0.4) is 0 Å². The van der Waals surface area contributed by atoms with Gasteiger partial charge in [0.05, 0.1) is 12.2 Å². The SMILES string of the molecule is NC(=O)C1C(=O)[C@@]2(O)C(O)=C3C(=O)/C=C(O)/C=C\C=C\[C@H](C[S+]([O-])C4CCCC4)[C@H]3[C@H](O)[C@H]2CC1O. The van der Waals surface area contributed by atoms with Crippen molar-refractivity contribution in [2.45, 2.75) is 55.2 Å². The number of carbonyl (C=O) groups excluding carboxylic acids is 3. The van der Waals surface area contributed by atoms with Gasteiger partial charge in [0.25, 0.3) is 0 Å². The molecule has 0 radical (unpaired) electrons. The zero-order valence-electron chi connectivity index (χ0n) is 19.5. The first-order chi connectivity index (χ1) is 17.0. The zero-order chi connectivity index (χ0) is 26.4. The molecule has 2 saturated carbocycles. The Bertz CT molecular complexity index is 1060. The molecule has 3 unspecified atom stereocenters. The Hall–Kier alpha value is -2.44. The highest BCUT2D eigenvalue weighted by Crippen LogP contribution is 2.50. The number of nitrogens with two attached hydrogens (primary N) is 1. The van der Waals surface area contributed by atoms with Crippen molar-refractivity contribution in [1.82, 2.24) is 0 Å². The Morgan fingerprint density at radius 2 is 1.83 bits per heavy atom. The Kier molecular flexibility index (Phi) is 7.50. The van der Waals surface area contributed by atoms with Gasteiger partial charge in [-0.05, 0) is 38.2 Å². The lowest BCUT2D eigenvalue weighted by atomic mass is 9.57. The van der Waals surface area contributed by atoms with Crippen LogP contribution in [0.15, 0.2) is 47.5 Å². The lowest BCUT2D eigenvalue weighted by molar-refractivity contribution is -0.180. The molecule has 4 aliphatic rings. The lowest BCUT2D eigenvalue weighted by Gasteiger charge is -2.51. The van der Waals surface area contributed by atoms with Gasteiger partial charge < -0.3 is 35.8 Å². The maximum atomic E-state index is 13.3. The van der Waals surface area contributed by atoms with Crippen LogP contribution >= 0.6 is 0 Å². The number of hydrogen-bond donors (Lipinski definition) is 6. The van der Waals surface area contributed by atoms with Crippen LogP contribution < -0.4 is 5.73 Å². The average molecular weight is 522 g/mol. The summed E-state index contributed by atoms with van der Waals surface area (Å²) < 4.78 is 13.2. The molecule has 36 heavy (non-hydrogen) atoms. The summed E-state index contributed by atoms with van der Waals surface area (Å²) in [5.74, 6) is -10.3. The second kappa shape index (κ2) is 10.1. The highest BCUT2D eigenvalue weighted by atomic mass is 32.2. The van der Waals surface area contributed by atoms with Crippen LogP contribution in [0.2, 0.25) is 0 Å². The van der Waals surface area contributed by atoms with Gasteiger partial charge in [0.15, 0.2) is 17.2 Å². The van der Waals surface area contributed by atoms with Crippen LogP contribution in [0, 0.1) is 23.7 Å². The first-order valence-electron chi connectivity index (χ1n) is 12.0. The van der Waals surface area contributed by atoms with Crippen LogP contribution in [0.5, 0.6) is 0 Å². The number of hydrogen-bond acceptors (Lipinski definition) is 9. The lowest BCUT2D eigenvalue weighted by Crippen LogP contribution is -2.67. The number of Topliss-reactive ketones (excluding diaryl/α,β-unsaturated/α-hetero) is 1. The summed E-state index contributed by atoms with van der Waals surface area (Å²) in [6, 6.07) is 0. The molecule has 0 aliphatic heterocycles. The van der Waals surface area contributed by atoms with E-state index in [2.05, 4.69) is 0 Å². The van der Waals surface area contributed by atoms with Gasteiger partial charge in [0, 0.05) is 29.4 Å². The molecule has 0 aromatic carbocycles. The number of ketones is 2. The number of carbonyl (C=O) groups is 3. The maximum absolute atomic E-state index is 13.3. The van der Waals surface area contributed by atoms with E-state index < -0.39 is 93.6 Å². The fraction of sp³-hybridized carbons (Fsp3) is 0.560. The molecule has 0 aromatic heterocycles. The third-order valence-electron chi connectivity index (χ3n) is 7.88. The van der Waals surface area contributed by atoms with E-state index in [0.29, 0.717) is 0 Å². The minimum absolute atomic E-state index is 0.0437. The standard InChI is InChI=1S/C25H31NO9S/c26-24(33)20-17(29)10-15-21(30)18-12(11-36(35)14-7-3-4-8-14)5-1-2-6-13(27)9-16(28)19(18)22(31)25(15,34)23(20)32/h1-2,5-6,9,12,14-15,17-18,20-21,27,29-31,34H,3-4,7-8,10-11H2,(H2,26,33)/b5-1+,6-2-,13-9-/t12-,15-,17?,18-,20?,21-,25+,36?/m1/s1. The van der Waals surface area contributed by atoms with Crippen molar-refractivity contribution in [2.75, 3.05) is 5.75 Å². The topological polar surface area (TPSA) is 201 Å². The highest BCUT2D eigenvalue weighted by Gasteiger charge is 2.65. The molecule has 0 bridgehead atoms. The van der Waals surface area contributed by atoms with Gasteiger partial charge in [-0.1, -0.05) is 29.4 Å². The fourth-order valence-electron chi connectivity index (χ4n) is 6.07. The van der Waals surface area contributed by atoms with E-state index in [1.165, 1.54) is 12.2 Å². The van der Waals surface area contributed by atoms with Gasteiger partial charge >= 0.3 is 0 Å². The summed E-state index contributed by atoms with van der Waals surface area (Å²) in [7, 11) is 0. The van der Waals surface area contributed by atoms with E-state index in [4.69, 9.17) is 5.73 Å². The smallest absolute Gasteiger partial charge is 0.230 e. The third kappa shape index (κ3) is 4.43. The molecule has 4 aliphatic carbocycles. The number of fused-ring (bicyclic) bond motifs is 2. The Morgan fingerprint density at radius 3 is 2.47 bits per heavy atom. The van der Waals surface area contributed by atoms with Crippen molar-refractivity contribution in [2.24, 2.45) is 29.4 Å². The summed E-state index contributed by atoms with van der Waals surface area (Å²) in [6.07, 6.45) is 6.40. The molecule has 7 N–H and O–H groups in total. The first kappa shape index (κ1) is 26.6. The molecule has 4 rings (SSSR count). The number of aliphatic hydroxyl groups excluding tert-OH is 4. The molecular formula is C25H31NO9S. The first-order valence-corrected chi connectivity index (χ1v) is 13.4. The molecule has 8 atom stereocenters. The largest absolute Gasteiger partial charge is 0.616 e. The Labute approximate surface area is 211 Å². The number of allylic oxidation sites excluding steroid dienone is 5. The number of primary amides is 1. The molecule has 0 aromatic rings. The van der Waals surface area contributed by atoms with E-state index in [1.807, 2.05) is 0 Å². The van der Waals surface area contributed by atoms with Crippen molar-refractivity contribution in [3.8, 4) is 0 Å². The number of aliphatic hydroxyl groups is 5. The molecular weight excluding hydrogens is 490 g/mol. The summed E-state index contributed by atoms with van der Waals surface area (Å²) in [4.78, 5) is 38.3. The average Bonchev–Trinajstić information content (AvgIpc) is 3.35. The van der Waals surface area contributed by atoms with Crippen LogP contribution in [0.4, 0.5) is 0 Å². The van der Waals surface area contributed by atoms with Gasteiger partial charge in [-0.25, -0.2) is 0 Å². The normalized spacial score (nSPS) is 41.6. The predicted octanol–water partition coefficient (Wildman–Crippen LogP) is 0.0162. The molecule has 0 heterocycles. The van der Waals surface area contributed by atoms with Crippen LogP contribution in [-0.2, 0) is 25.6 Å². The third-order valence-corrected chi connectivity index (χ3v) is 9.81. The summed E-state index contributed by atoms with van der Waals surface area (Å²) in [5, 5.41) is 54.7. The quantitative estimate of drug-likeness (QED) is 0.218. The Balaban J connectivity index is 1.87. The van der Waals surface area contributed by atoms with Crippen LogP contribution in [0.1, 0.15) is 32.1 Å². The second-order valence-electron chi connectivity index (χ2n) is 9.99. The van der Waals surface area contributed by atoms with E-state index in [-0.39, 0.29) is 11.0 Å². The molecule has 1 amide bonds. The molecule has 10 nitrogen and oxygen atoms in total. The zero-order valence-corrected chi connectivity index (χ0v) is 20.3. The summed E-state index contributed by atoms with van der Waals surface area (Å²) in [5.41, 5.74) is 1.88. The molecule has 0 saturated heterocycles. The van der Waals surface area contributed by atoms with Gasteiger partial charge in [-0.3, -0.25) is 14.4 Å². The maximum Gasteiger partial charge on any atom is 0.230 e. The van der Waals surface area contributed by atoms with E-state index in [9.17, 15) is 44.5 Å². The van der Waals surface area contributed by atoms with E-state index in [0.717, 1.165) is 31.8 Å². The van der Waals surface area contributed by atoms with E-state index in [1.54, 1.807) is 12.2 Å². The van der Waals surface area contributed by atoms with Crippen molar-refractivity contribution < 1.29 is 44.5 Å².